The molecule has 2 aromatic carbocycles. The summed E-state index contributed by atoms with van der Waals surface area (Å²) in [5.41, 5.74) is 0.806. The molecule has 120 valence electrons. The zero-order valence-electron chi connectivity index (χ0n) is 13.2. The lowest BCUT2D eigenvalue weighted by molar-refractivity contribution is 0.0600. The molecule has 5 nitrogen and oxygen atoms in total. The molecule has 0 spiro atoms. The molecule has 0 aromatic heterocycles. The SMILES string of the molecule is COC(=O)c1ccc(OC(=O)c2ccc(OC(C)C)cc2)cc1. The number of methoxy groups -OCH3 is 1. The molecule has 5 heteroatoms. The van der Waals surface area contributed by atoms with Crippen LogP contribution in [0.25, 0.3) is 0 Å². The van der Waals surface area contributed by atoms with Gasteiger partial charge in [-0.1, -0.05) is 0 Å². The molecule has 0 saturated heterocycles. The minimum absolute atomic E-state index is 0.0705. The molecule has 0 aliphatic heterocycles. The first-order valence-corrected chi connectivity index (χ1v) is 7.17. The molecular formula is C18H18O5. The Morgan fingerprint density at radius 2 is 1.26 bits per heavy atom. The van der Waals surface area contributed by atoms with E-state index in [-0.39, 0.29) is 6.10 Å². The molecule has 0 aliphatic rings. The van der Waals surface area contributed by atoms with Crippen molar-refractivity contribution in [1.82, 2.24) is 0 Å². The number of carbonyl (C=O) groups excluding carboxylic acids is 2. The maximum Gasteiger partial charge on any atom is 0.343 e. The van der Waals surface area contributed by atoms with Crippen molar-refractivity contribution in [3.05, 3.63) is 59.7 Å². The minimum atomic E-state index is -0.480. The summed E-state index contributed by atoms with van der Waals surface area (Å²) in [6.07, 6.45) is 0.0705. The van der Waals surface area contributed by atoms with E-state index in [9.17, 15) is 9.59 Å². The first-order chi connectivity index (χ1) is 11.0. The fourth-order valence-electron chi connectivity index (χ4n) is 1.88. The van der Waals surface area contributed by atoms with Gasteiger partial charge in [0.1, 0.15) is 11.5 Å². The van der Waals surface area contributed by atoms with E-state index in [0.717, 1.165) is 0 Å². The van der Waals surface area contributed by atoms with E-state index in [2.05, 4.69) is 4.74 Å². The summed E-state index contributed by atoms with van der Waals surface area (Å²) in [7, 11) is 1.31. The molecule has 0 radical (unpaired) electrons. The second-order valence-electron chi connectivity index (χ2n) is 5.10. The molecule has 0 heterocycles. The van der Waals surface area contributed by atoms with Crippen molar-refractivity contribution in [2.45, 2.75) is 20.0 Å². The van der Waals surface area contributed by atoms with Crippen LogP contribution in [-0.4, -0.2) is 25.2 Å². The van der Waals surface area contributed by atoms with Gasteiger partial charge in [-0.15, -0.1) is 0 Å². The molecule has 0 unspecified atom stereocenters. The van der Waals surface area contributed by atoms with E-state index in [1.54, 1.807) is 36.4 Å². The van der Waals surface area contributed by atoms with Gasteiger partial charge in [0, 0.05) is 0 Å². The van der Waals surface area contributed by atoms with Crippen LogP contribution in [0.2, 0.25) is 0 Å². The predicted octanol–water partition coefficient (Wildman–Crippen LogP) is 3.48. The van der Waals surface area contributed by atoms with Gasteiger partial charge in [-0.3, -0.25) is 0 Å². The third kappa shape index (κ3) is 4.57. The molecule has 0 fully saturated rings. The Balaban J connectivity index is 2.02. The highest BCUT2D eigenvalue weighted by Gasteiger charge is 2.10. The van der Waals surface area contributed by atoms with Gasteiger partial charge < -0.3 is 14.2 Å². The van der Waals surface area contributed by atoms with Crippen LogP contribution < -0.4 is 9.47 Å². The maximum absolute atomic E-state index is 12.1. The number of esters is 2. The topological polar surface area (TPSA) is 61.8 Å². The molecule has 2 rings (SSSR count). The monoisotopic (exact) mass is 314 g/mol. The van der Waals surface area contributed by atoms with Crippen LogP contribution in [0, 0.1) is 0 Å². The second-order valence-corrected chi connectivity index (χ2v) is 5.10. The first-order valence-electron chi connectivity index (χ1n) is 7.17. The van der Waals surface area contributed by atoms with Crippen molar-refractivity contribution in [2.75, 3.05) is 7.11 Å². The first kappa shape index (κ1) is 16.5. The summed E-state index contributed by atoms with van der Waals surface area (Å²) >= 11 is 0. The van der Waals surface area contributed by atoms with Crippen LogP contribution >= 0.6 is 0 Å². The van der Waals surface area contributed by atoms with Gasteiger partial charge in [0.15, 0.2) is 0 Å². The van der Waals surface area contributed by atoms with Gasteiger partial charge in [0.05, 0.1) is 24.3 Å². The van der Waals surface area contributed by atoms with Crippen LogP contribution in [0.15, 0.2) is 48.5 Å². The normalized spacial score (nSPS) is 10.3. The van der Waals surface area contributed by atoms with Crippen molar-refractivity contribution in [3.8, 4) is 11.5 Å². The van der Waals surface area contributed by atoms with Crippen molar-refractivity contribution in [1.29, 1.82) is 0 Å². The number of carbonyl (C=O) groups is 2. The van der Waals surface area contributed by atoms with Crippen LogP contribution in [0.1, 0.15) is 34.6 Å². The lowest BCUT2D eigenvalue weighted by Gasteiger charge is -2.10. The number of rotatable bonds is 5. The fourth-order valence-corrected chi connectivity index (χ4v) is 1.88. The summed E-state index contributed by atoms with van der Waals surface area (Å²) in [5.74, 6) is 0.125. The Morgan fingerprint density at radius 3 is 1.74 bits per heavy atom. The van der Waals surface area contributed by atoms with Crippen molar-refractivity contribution < 1.29 is 23.8 Å². The van der Waals surface area contributed by atoms with Crippen LogP contribution in [-0.2, 0) is 4.74 Å². The summed E-state index contributed by atoms with van der Waals surface area (Å²) in [6, 6.07) is 12.9. The molecular weight excluding hydrogens is 296 g/mol. The average Bonchev–Trinajstić information content (AvgIpc) is 2.55. The summed E-state index contributed by atoms with van der Waals surface area (Å²) in [5, 5.41) is 0. The van der Waals surface area contributed by atoms with Crippen molar-refractivity contribution in [2.24, 2.45) is 0 Å². The Morgan fingerprint density at radius 1 is 0.783 bits per heavy atom. The van der Waals surface area contributed by atoms with Crippen molar-refractivity contribution in [3.63, 3.8) is 0 Å². The smallest absolute Gasteiger partial charge is 0.343 e. The number of benzene rings is 2. The van der Waals surface area contributed by atoms with E-state index in [0.29, 0.717) is 22.6 Å². The summed E-state index contributed by atoms with van der Waals surface area (Å²) in [4.78, 5) is 23.4. The number of hydrogen-bond acceptors (Lipinski definition) is 5. The second kappa shape index (κ2) is 7.45. The molecule has 0 N–H and O–H groups in total. The van der Waals surface area contributed by atoms with Crippen molar-refractivity contribution >= 4 is 11.9 Å². The highest BCUT2D eigenvalue weighted by atomic mass is 16.5. The molecule has 0 saturated carbocycles. The largest absolute Gasteiger partial charge is 0.491 e. The third-order valence-corrected chi connectivity index (χ3v) is 2.95. The molecule has 0 amide bonds. The van der Waals surface area contributed by atoms with E-state index in [1.165, 1.54) is 19.2 Å². The van der Waals surface area contributed by atoms with Crippen LogP contribution in [0.3, 0.4) is 0 Å². The van der Waals surface area contributed by atoms with Gasteiger partial charge in [-0.05, 0) is 62.4 Å². The number of hydrogen-bond donors (Lipinski definition) is 0. The zero-order chi connectivity index (χ0) is 16.8. The van der Waals surface area contributed by atoms with E-state index in [1.807, 2.05) is 13.8 Å². The van der Waals surface area contributed by atoms with E-state index < -0.39 is 11.9 Å². The zero-order valence-corrected chi connectivity index (χ0v) is 13.2. The predicted molar refractivity (Wildman–Crippen MR) is 84.9 cm³/mol. The van der Waals surface area contributed by atoms with Gasteiger partial charge in [0.25, 0.3) is 0 Å². The van der Waals surface area contributed by atoms with E-state index >= 15 is 0 Å². The molecule has 2 aromatic rings. The Hall–Kier alpha value is -2.82. The Bertz CT molecular complexity index is 672. The van der Waals surface area contributed by atoms with E-state index in [4.69, 9.17) is 9.47 Å². The maximum atomic E-state index is 12.1. The van der Waals surface area contributed by atoms with Crippen LogP contribution in [0.5, 0.6) is 11.5 Å². The van der Waals surface area contributed by atoms with Crippen LogP contribution in [0.4, 0.5) is 0 Å². The lowest BCUT2D eigenvalue weighted by atomic mass is 10.2. The molecule has 0 atom stereocenters. The number of ether oxygens (including phenoxy) is 3. The fraction of sp³-hybridized carbons (Fsp3) is 0.222. The molecule has 23 heavy (non-hydrogen) atoms. The average molecular weight is 314 g/mol. The van der Waals surface area contributed by atoms with Gasteiger partial charge in [-0.2, -0.15) is 0 Å². The molecule has 0 bridgehead atoms. The highest BCUT2D eigenvalue weighted by Crippen LogP contribution is 2.17. The standard InChI is InChI=1S/C18H18O5/c1-12(2)22-15-8-6-14(7-9-15)18(20)23-16-10-4-13(5-11-16)17(19)21-3/h4-12H,1-3H3. The molecule has 0 aliphatic carbocycles. The van der Waals surface area contributed by atoms with Gasteiger partial charge >= 0.3 is 11.9 Å². The minimum Gasteiger partial charge on any atom is -0.491 e. The van der Waals surface area contributed by atoms with Gasteiger partial charge in [-0.25, -0.2) is 9.59 Å². The van der Waals surface area contributed by atoms with Gasteiger partial charge in [0.2, 0.25) is 0 Å². The lowest BCUT2D eigenvalue weighted by Crippen LogP contribution is -2.09. The third-order valence-electron chi connectivity index (χ3n) is 2.95. The highest BCUT2D eigenvalue weighted by molar-refractivity contribution is 5.92. The summed E-state index contributed by atoms with van der Waals surface area (Å²) < 4.78 is 15.4. The Labute approximate surface area is 134 Å². The Kier molecular flexibility index (Phi) is 5.36. The summed E-state index contributed by atoms with van der Waals surface area (Å²) in [6.45, 7) is 3.86. The quantitative estimate of drug-likeness (QED) is 0.624.